The van der Waals surface area contributed by atoms with Crippen LogP contribution in [0.1, 0.15) is 9.67 Å². The SMILES string of the molecule is O=C(c1cc2ccccc2s1)N1CCN(S(=O)(=O)c2cccc([N+](=O)[O-])c2)CC1. The third-order valence-electron chi connectivity index (χ3n) is 4.83. The first-order valence-corrected chi connectivity index (χ1v) is 11.1. The minimum atomic E-state index is -3.86. The summed E-state index contributed by atoms with van der Waals surface area (Å²) in [7, 11) is -3.86. The quantitative estimate of drug-likeness (QED) is 0.467. The number of amides is 1. The average Bonchev–Trinajstić information content (AvgIpc) is 3.17. The van der Waals surface area contributed by atoms with Gasteiger partial charge in [0.15, 0.2) is 0 Å². The van der Waals surface area contributed by atoms with Crippen LogP contribution in [0.2, 0.25) is 0 Å². The number of non-ortho nitro benzene ring substituents is 1. The Balaban J connectivity index is 1.48. The fraction of sp³-hybridized carbons (Fsp3) is 0.211. The third kappa shape index (κ3) is 3.74. The smallest absolute Gasteiger partial charge is 0.270 e. The predicted octanol–water partition coefficient (Wildman–Crippen LogP) is 2.96. The Bertz CT molecular complexity index is 1160. The van der Waals surface area contributed by atoms with E-state index in [4.69, 9.17) is 0 Å². The molecule has 0 spiro atoms. The number of piperazine rings is 1. The van der Waals surface area contributed by atoms with Crippen molar-refractivity contribution < 1.29 is 18.1 Å². The number of hydrogen-bond donors (Lipinski definition) is 0. The molecule has 10 heteroatoms. The highest BCUT2D eigenvalue weighted by Crippen LogP contribution is 2.27. The molecule has 0 radical (unpaired) electrons. The van der Waals surface area contributed by atoms with Crippen molar-refractivity contribution in [1.82, 2.24) is 9.21 Å². The van der Waals surface area contributed by atoms with Gasteiger partial charge in [-0.3, -0.25) is 14.9 Å². The van der Waals surface area contributed by atoms with E-state index < -0.39 is 14.9 Å². The minimum Gasteiger partial charge on any atom is -0.335 e. The highest BCUT2D eigenvalue weighted by Gasteiger charge is 2.31. The summed E-state index contributed by atoms with van der Waals surface area (Å²) in [6, 6.07) is 14.6. The van der Waals surface area contributed by atoms with Crippen LogP contribution < -0.4 is 0 Å². The molecule has 0 saturated carbocycles. The summed E-state index contributed by atoms with van der Waals surface area (Å²) < 4.78 is 28.0. The Labute approximate surface area is 171 Å². The number of carbonyl (C=O) groups is 1. The summed E-state index contributed by atoms with van der Waals surface area (Å²) in [5.74, 6) is -0.112. The Morgan fingerprint density at radius 3 is 2.41 bits per heavy atom. The van der Waals surface area contributed by atoms with E-state index in [1.807, 2.05) is 30.3 Å². The second-order valence-electron chi connectivity index (χ2n) is 6.60. The van der Waals surface area contributed by atoms with Gasteiger partial charge in [-0.2, -0.15) is 4.31 Å². The number of nitro groups is 1. The second kappa shape index (κ2) is 7.54. The van der Waals surface area contributed by atoms with Crippen molar-refractivity contribution in [2.24, 2.45) is 0 Å². The molecule has 0 bridgehead atoms. The summed E-state index contributed by atoms with van der Waals surface area (Å²) in [6.07, 6.45) is 0. The van der Waals surface area contributed by atoms with E-state index in [9.17, 15) is 23.3 Å². The molecule has 0 N–H and O–H groups in total. The normalized spacial score (nSPS) is 15.5. The van der Waals surface area contributed by atoms with Crippen LogP contribution in [-0.4, -0.2) is 54.6 Å². The standard InChI is InChI=1S/C19H17N3O5S2/c23-19(18-12-14-4-1-2-7-17(14)28-18)20-8-10-21(11-9-20)29(26,27)16-6-3-5-15(13-16)22(24)25/h1-7,12-13H,8-11H2. The lowest BCUT2D eigenvalue weighted by Crippen LogP contribution is -2.50. The van der Waals surface area contributed by atoms with Crippen LogP contribution in [0.3, 0.4) is 0 Å². The number of thiophene rings is 1. The highest BCUT2D eigenvalue weighted by atomic mass is 32.2. The van der Waals surface area contributed by atoms with Crippen molar-refractivity contribution in [3.8, 4) is 0 Å². The molecule has 0 aliphatic carbocycles. The van der Waals surface area contributed by atoms with Crippen molar-refractivity contribution in [1.29, 1.82) is 0 Å². The van der Waals surface area contributed by atoms with Crippen LogP contribution in [0, 0.1) is 10.1 Å². The first-order chi connectivity index (χ1) is 13.9. The van der Waals surface area contributed by atoms with E-state index in [0.29, 0.717) is 4.88 Å². The zero-order chi connectivity index (χ0) is 20.6. The third-order valence-corrected chi connectivity index (χ3v) is 7.83. The molecule has 1 aliphatic heterocycles. The van der Waals surface area contributed by atoms with Gasteiger partial charge in [-0.05, 0) is 23.6 Å². The van der Waals surface area contributed by atoms with Gasteiger partial charge < -0.3 is 4.90 Å². The maximum Gasteiger partial charge on any atom is 0.270 e. The van der Waals surface area contributed by atoms with Crippen LogP contribution in [0.15, 0.2) is 59.5 Å². The van der Waals surface area contributed by atoms with Crippen molar-refractivity contribution in [3.63, 3.8) is 0 Å². The largest absolute Gasteiger partial charge is 0.335 e. The summed E-state index contributed by atoms with van der Waals surface area (Å²) >= 11 is 1.42. The number of nitrogens with zero attached hydrogens (tertiary/aromatic N) is 3. The van der Waals surface area contributed by atoms with Gasteiger partial charge >= 0.3 is 0 Å². The molecule has 1 fully saturated rings. The lowest BCUT2D eigenvalue weighted by molar-refractivity contribution is -0.385. The van der Waals surface area contributed by atoms with Crippen LogP contribution in [0.5, 0.6) is 0 Å². The fourth-order valence-corrected chi connectivity index (χ4v) is 5.77. The molecule has 2 aromatic carbocycles. The molecule has 150 valence electrons. The second-order valence-corrected chi connectivity index (χ2v) is 9.62. The van der Waals surface area contributed by atoms with E-state index in [1.54, 1.807) is 4.90 Å². The molecule has 8 nitrogen and oxygen atoms in total. The van der Waals surface area contributed by atoms with E-state index in [-0.39, 0.29) is 42.7 Å². The van der Waals surface area contributed by atoms with Gasteiger partial charge in [0.2, 0.25) is 10.0 Å². The van der Waals surface area contributed by atoms with Crippen molar-refractivity contribution in [3.05, 3.63) is 69.6 Å². The molecule has 1 saturated heterocycles. The Hall–Kier alpha value is -2.82. The lowest BCUT2D eigenvalue weighted by Gasteiger charge is -2.33. The zero-order valence-corrected chi connectivity index (χ0v) is 16.9. The minimum absolute atomic E-state index is 0.112. The molecule has 2 heterocycles. The van der Waals surface area contributed by atoms with Gasteiger partial charge in [0.25, 0.3) is 11.6 Å². The monoisotopic (exact) mass is 431 g/mol. The van der Waals surface area contributed by atoms with Crippen LogP contribution in [0.4, 0.5) is 5.69 Å². The molecule has 0 atom stereocenters. The molecular formula is C19H17N3O5S2. The number of sulfonamides is 1. The zero-order valence-electron chi connectivity index (χ0n) is 15.2. The number of benzene rings is 2. The van der Waals surface area contributed by atoms with Crippen LogP contribution in [0.25, 0.3) is 10.1 Å². The van der Waals surface area contributed by atoms with Crippen molar-refractivity contribution >= 4 is 43.0 Å². The lowest BCUT2D eigenvalue weighted by atomic mass is 10.2. The van der Waals surface area contributed by atoms with Crippen LogP contribution >= 0.6 is 11.3 Å². The van der Waals surface area contributed by atoms with Crippen molar-refractivity contribution in [2.45, 2.75) is 4.90 Å². The molecule has 1 amide bonds. The molecule has 4 rings (SSSR count). The average molecular weight is 431 g/mol. The van der Waals surface area contributed by atoms with Crippen molar-refractivity contribution in [2.75, 3.05) is 26.2 Å². The molecule has 3 aromatic rings. The summed E-state index contributed by atoms with van der Waals surface area (Å²) in [6.45, 7) is 0.811. The molecular weight excluding hydrogens is 414 g/mol. The summed E-state index contributed by atoms with van der Waals surface area (Å²) in [4.78, 5) is 25.3. The Morgan fingerprint density at radius 2 is 1.72 bits per heavy atom. The maximum absolute atomic E-state index is 12.8. The number of nitro benzene ring substituents is 1. The maximum atomic E-state index is 12.8. The van der Waals surface area contributed by atoms with Gasteiger partial charge in [0.05, 0.1) is 14.7 Å². The van der Waals surface area contributed by atoms with E-state index in [0.717, 1.165) is 16.2 Å². The number of fused-ring (bicyclic) bond motifs is 1. The first-order valence-electron chi connectivity index (χ1n) is 8.89. The van der Waals surface area contributed by atoms with Gasteiger partial charge in [-0.25, -0.2) is 8.42 Å². The Morgan fingerprint density at radius 1 is 1.00 bits per heavy atom. The van der Waals surface area contributed by atoms with Gasteiger partial charge in [0, 0.05) is 43.0 Å². The van der Waals surface area contributed by atoms with E-state index >= 15 is 0 Å². The van der Waals surface area contributed by atoms with Gasteiger partial charge in [-0.1, -0.05) is 24.3 Å². The summed E-state index contributed by atoms with van der Waals surface area (Å²) in [5, 5.41) is 11.9. The number of hydrogen-bond acceptors (Lipinski definition) is 6. The van der Waals surface area contributed by atoms with Crippen LogP contribution in [-0.2, 0) is 10.0 Å². The molecule has 29 heavy (non-hydrogen) atoms. The fourth-order valence-electron chi connectivity index (χ4n) is 3.28. The Kier molecular flexibility index (Phi) is 5.07. The molecule has 1 aromatic heterocycles. The van der Waals surface area contributed by atoms with E-state index in [2.05, 4.69) is 0 Å². The first kappa shape index (κ1) is 19.5. The molecule has 0 unspecified atom stereocenters. The predicted molar refractivity (Wildman–Crippen MR) is 110 cm³/mol. The van der Waals surface area contributed by atoms with Gasteiger partial charge in [-0.15, -0.1) is 11.3 Å². The van der Waals surface area contributed by atoms with E-state index in [1.165, 1.54) is 33.8 Å². The topological polar surface area (TPSA) is 101 Å². The summed E-state index contributed by atoms with van der Waals surface area (Å²) in [5.41, 5.74) is -0.273. The highest BCUT2D eigenvalue weighted by molar-refractivity contribution is 7.89. The molecule has 1 aliphatic rings. The van der Waals surface area contributed by atoms with Gasteiger partial charge in [0.1, 0.15) is 0 Å². The number of rotatable bonds is 4. The number of carbonyl (C=O) groups excluding carboxylic acids is 1.